The first-order chi connectivity index (χ1) is 2.41. The van der Waals surface area contributed by atoms with Crippen LogP contribution in [-0.2, 0) is 0 Å². The summed E-state index contributed by atoms with van der Waals surface area (Å²) >= 11 is 0. The minimum atomic E-state index is 0. The van der Waals surface area contributed by atoms with Crippen molar-refractivity contribution in [2.75, 3.05) is 13.6 Å². The van der Waals surface area contributed by atoms with Crippen molar-refractivity contribution < 1.29 is 5.32 Å². The van der Waals surface area contributed by atoms with Gasteiger partial charge in [-0.05, 0) is 6.42 Å². The molecule has 0 aliphatic heterocycles. The molecule has 7 heavy (non-hydrogen) atoms. The maximum atomic E-state index is 2.18. The molecule has 0 fully saturated rings. The van der Waals surface area contributed by atoms with Gasteiger partial charge < -0.3 is 5.32 Å². The van der Waals surface area contributed by atoms with Gasteiger partial charge in [-0.2, -0.15) is 0 Å². The molecule has 0 amide bonds. The molecule has 1 nitrogen and oxygen atoms in total. The second-order valence-electron chi connectivity index (χ2n) is 1.20. The minimum Gasteiger partial charge on any atom is -0.349 e. The van der Waals surface area contributed by atoms with E-state index in [1.165, 1.54) is 13.0 Å². The zero-order chi connectivity index (χ0) is 4.12. The maximum absolute atomic E-state index is 2.18. The average Bonchev–Trinajstić information content (AvgIpc) is 1.41. The van der Waals surface area contributed by atoms with Gasteiger partial charge in [0.1, 0.15) is 0 Å². The molecule has 0 saturated carbocycles. The Morgan fingerprint density at radius 3 is 1.71 bits per heavy atom. The number of hydrogen-bond acceptors (Lipinski definition) is 0. The van der Waals surface area contributed by atoms with Crippen LogP contribution in [0, 0.1) is 0 Å². The molecule has 0 bridgehead atoms. The maximum Gasteiger partial charge on any atom is 0.0750 e. The van der Waals surface area contributed by atoms with Gasteiger partial charge in [-0.25, -0.2) is 0 Å². The monoisotopic (exact) mass is 106 g/mol. The number of rotatable bonds is 2. The highest BCUT2D eigenvalue weighted by Crippen LogP contribution is 1.56. The van der Waals surface area contributed by atoms with Gasteiger partial charge in [-0.3, -0.25) is 0 Å². The van der Waals surface area contributed by atoms with Crippen LogP contribution in [0.2, 0.25) is 0 Å². The van der Waals surface area contributed by atoms with Gasteiger partial charge in [-0.1, -0.05) is 21.8 Å². The fourth-order valence-electron chi connectivity index (χ4n) is 0.289. The Bertz CT molecular complexity index is 11.7. The highest BCUT2D eigenvalue weighted by molar-refractivity contribution is 4.09. The van der Waals surface area contributed by atoms with Gasteiger partial charge in [0.15, 0.2) is 0 Å². The van der Waals surface area contributed by atoms with E-state index < -0.39 is 0 Å². The van der Waals surface area contributed by atoms with Gasteiger partial charge in [0.05, 0.1) is 13.6 Å². The third-order valence-electron chi connectivity index (χ3n) is 0.577. The zero-order valence-corrected chi connectivity index (χ0v) is 3.99. The van der Waals surface area contributed by atoms with Crippen molar-refractivity contribution in [1.82, 2.24) is 0 Å². The van der Waals surface area contributed by atoms with E-state index in [1.54, 1.807) is 0 Å². The number of nitrogens with two attached hydrogens (primary N) is 1. The quantitative estimate of drug-likeness (QED) is 0.538. The molecule has 0 spiro atoms. The third kappa shape index (κ3) is 24.3. The standard InChI is InChI=1S/C4H11N.2CH4/c1-3-4-5-2;;/h5H,3-4H2,1-2H3;2*1H4/p+1. The van der Waals surface area contributed by atoms with E-state index in [1.807, 2.05) is 0 Å². The van der Waals surface area contributed by atoms with Crippen LogP contribution in [0.5, 0.6) is 0 Å². The topological polar surface area (TPSA) is 16.6 Å². The third-order valence-corrected chi connectivity index (χ3v) is 0.577. The Labute approximate surface area is 48.1 Å². The normalized spacial score (nSPS) is 6.00. The van der Waals surface area contributed by atoms with Crippen molar-refractivity contribution in [2.24, 2.45) is 0 Å². The van der Waals surface area contributed by atoms with Crippen LogP contribution in [0.1, 0.15) is 28.2 Å². The Morgan fingerprint density at radius 1 is 1.29 bits per heavy atom. The predicted octanol–water partition coefficient (Wildman–Crippen LogP) is 0.862. The first-order valence-electron chi connectivity index (χ1n) is 2.19. The SMILES string of the molecule is C.C.CCC[NH2+]C. The summed E-state index contributed by atoms with van der Waals surface area (Å²) in [6, 6.07) is 0. The van der Waals surface area contributed by atoms with Crippen LogP contribution in [0.3, 0.4) is 0 Å². The molecule has 0 aromatic carbocycles. The molecule has 0 heterocycles. The van der Waals surface area contributed by atoms with E-state index >= 15 is 0 Å². The largest absolute Gasteiger partial charge is 0.349 e. The smallest absolute Gasteiger partial charge is 0.0750 e. The van der Waals surface area contributed by atoms with E-state index in [4.69, 9.17) is 0 Å². The van der Waals surface area contributed by atoms with Crippen molar-refractivity contribution >= 4 is 0 Å². The van der Waals surface area contributed by atoms with Crippen LogP contribution >= 0.6 is 0 Å². The summed E-state index contributed by atoms with van der Waals surface area (Å²) in [4.78, 5) is 0. The lowest BCUT2D eigenvalue weighted by Crippen LogP contribution is -2.79. The lowest BCUT2D eigenvalue weighted by molar-refractivity contribution is -0.626. The summed E-state index contributed by atoms with van der Waals surface area (Å²) in [6.45, 7) is 3.44. The van der Waals surface area contributed by atoms with E-state index in [0.717, 1.165) is 0 Å². The molecule has 48 valence electrons. The first kappa shape index (κ1) is 15.8. The fourth-order valence-corrected chi connectivity index (χ4v) is 0.289. The van der Waals surface area contributed by atoms with Crippen LogP contribution < -0.4 is 5.32 Å². The van der Waals surface area contributed by atoms with Crippen LogP contribution in [0.25, 0.3) is 0 Å². The summed E-state index contributed by atoms with van der Waals surface area (Å²) in [5.41, 5.74) is 0. The van der Waals surface area contributed by atoms with Crippen LogP contribution in [0.15, 0.2) is 0 Å². The Balaban J connectivity index is -0.0000000800. The molecule has 0 aliphatic carbocycles. The van der Waals surface area contributed by atoms with Crippen LogP contribution in [-0.4, -0.2) is 13.6 Å². The zero-order valence-electron chi connectivity index (χ0n) is 3.99. The van der Waals surface area contributed by atoms with Gasteiger partial charge in [0, 0.05) is 0 Å². The summed E-state index contributed by atoms with van der Waals surface area (Å²) in [5.74, 6) is 0. The van der Waals surface area contributed by atoms with Gasteiger partial charge >= 0.3 is 0 Å². The lowest BCUT2D eigenvalue weighted by Gasteiger charge is -1.81. The summed E-state index contributed by atoms with van der Waals surface area (Å²) in [5, 5.41) is 2.18. The molecule has 2 N–H and O–H groups in total. The Hall–Kier alpha value is -0.0400. The predicted molar refractivity (Wildman–Crippen MR) is 36.5 cm³/mol. The van der Waals surface area contributed by atoms with Crippen molar-refractivity contribution in [3.8, 4) is 0 Å². The summed E-state index contributed by atoms with van der Waals surface area (Å²) in [7, 11) is 2.09. The molecular formula is C6H20N+. The van der Waals surface area contributed by atoms with Crippen molar-refractivity contribution in [1.29, 1.82) is 0 Å². The molecule has 0 radical (unpaired) electrons. The Kier molecular flexibility index (Phi) is 37.7. The second kappa shape index (κ2) is 16.7. The van der Waals surface area contributed by atoms with Crippen molar-refractivity contribution in [3.05, 3.63) is 0 Å². The first-order valence-corrected chi connectivity index (χ1v) is 2.19. The molecule has 1 heteroatoms. The number of quaternary nitrogens is 1. The van der Waals surface area contributed by atoms with Crippen LogP contribution in [0.4, 0.5) is 0 Å². The van der Waals surface area contributed by atoms with E-state index in [0.29, 0.717) is 0 Å². The van der Waals surface area contributed by atoms with E-state index in [9.17, 15) is 0 Å². The number of hydrogen-bond donors (Lipinski definition) is 1. The fraction of sp³-hybridized carbons (Fsp3) is 1.00. The second-order valence-corrected chi connectivity index (χ2v) is 1.20. The average molecular weight is 106 g/mol. The lowest BCUT2D eigenvalue weighted by atomic mass is 10.5. The van der Waals surface area contributed by atoms with E-state index in [2.05, 4.69) is 19.3 Å². The highest BCUT2D eigenvalue weighted by Gasteiger charge is 1.68. The van der Waals surface area contributed by atoms with Crippen molar-refractivity contribution in [2.45, 2.75) is 28.2 Å². The molecule has 0 aromatic heterocycles. The minimum absolute atomic E-state index is 0. The molecule has 0 saturated heterocycles. The molecule has 0 aromatic rings. The van der Waals surface area contributed by atoms with Gasteiger partial charge in [0.25, 0.3) is 0 Å². The molecule has 0 aliphatic rings. The van der Waals surface area contributed by atoms with E-state index in [-0.39, 0.29) is 14.9 Å². The summed E-state index contributed by atoms with van der Waals surface area (Å²) < 4.78 is 0. The van der Waals surface area contributed by atoms with Gasteiger partial charge in [0.2, 0.25) is 0 Å². The van der Waals surface area contributed by atoms with Crippen molar-refractivity contribution in [3.63, 3.8) is 0 Å². The molecule has 0 atom stereocenters. The van der Waals surface area contributed by atoms with Gasteiger partial charge in [-0.15, -0.1) is 0 Å². The molecule has 0 rings (SSSR count). The Morgan fingerprint density at radius 2 is 1.71 bits per heavy atom. The molecular weight excluding hydrogens is 86.1 g/mol. The highest BCUT2D eigenvalue weighted by atomic mass is 14.8. The summed E-state index contributed by atoms with van der Waals surface area (Å²) in [6.07, 6.45) is 1.29. The molecule has 0 unspecified atom stereocenters.